The van der Waals surface area contributed by atoms with Gasteiger partial charge in [-0.25, -0.2) is 4.39 Å². The Hall–Kier alpha value is -0.740. The van der Waals surface area contributed by atoms with Gasteiger partial charge < -0.3 is 5.73 Å². The van der Waals surface area contributed by atoms with Gasteiger partial charge in [0.05, 0.1) is 16.0 Å². The molecule has 0 spiro atoms. The van der Waals surface area contributed by atoms with Gasteiger partial charge in [0.15, 0.2) is 0 Å². The first kappa shape index (κ1) is 11.3. The standard InChI is InChI=1S/C10H14FNOS/c1-7(12)8(2)14(13)10-5-3-9(11)4-6-10/h3-8H,12H2,1-2H3. The zero-order valence-electron chi connectivity index (χ0n) is 8.24. The molecular weight excluding hydrogens is 201 g/mol. The van der Waals surface area contributed by atoms with Crippen molar-refractivity contribution in [1.82, 2.24) is 0 Å². The Morgan fingerprint density at radius 2 is 1.79 bits per heavy atom. The minimum absolute atomic E-state index is 0.125. The average molecular weight is 215 g/mol. The molecule has 0 amide bonds. The molecule has 4 heteroatoms. The Morgan fingerprint density at radius 1 is 1.29 bits per heavy atom. The second-order valence-electron chi connectivity index (χ2n) is 3.32. The summed E-state index contributed by atoms with van der Waals surface area (Å²) in [5, 5.41) is -0.125. The van der Waals surface area contributed by atoms with Gasteiger partial charge in [0.25, 0.3) is 0 Å². The first-order valence-corrected chi connectivity index (χ1v) is 5.65. The van der Waals surface area contributed by atoms with Crippen molar-refractivity contribution in [3.8, 4) is 0 Å². The molecule has 78 valence electrons. The molecule has 0 aromatic heterocycles. The maximum absolute atomic E-state index is 12.6. The van der Waals surface area contributed by atoms with Gasteiger partial charge in [-0.2, -0.15) is 0 Å². The summed E-state index contributed by atoms with van der Waals surface area (Å²) in [5.74, 6) is -0.320. The Morgan fingerprint density at radius 3 is 2.21 bits per heavy atom. The van der Waals surface area contributed by atoms with Crippen molar-refractivity contribution in [3.05, 3.63) is 30.1 Å². The molecule has 1 aromatic rings. The summed E-state index contributed by atoms with van der Waals surface area (Å²) < 4.78 is 24.4. The van der Waals surface area contributed by atoms with Gasteiger partial charge in [-0.3, -0.25) is 4.21 Å². The van der Waals surface area contributed by atoms with Gasteiger partial charge in [0.2, 0.25) is 0 Å². The minimum Gasteiger partial charge on any atom is -0.327 e. The van der Waals surface area contributed by atoms with Crippen LogP contribution in [0, 0.1) is 5.82 Å². The lowest BCUT2D eigenvalue weighted by atomic mass is 10.3. The van der Waals surface area contributed by atoms with Gasteiger partial charge >= 0.3 is 0 Å². The maximum Gasteiger partial charge on any atom is 0.123 e. The molecule has 1 rings (SSSR count). The quantitative estimate of drug-likeness (QED) is 0.833. The van der Waals surface area contributed by atoms with E-state index in [1.54, 1.807) is 0 Å². The van der Waals surface area contributed by atoms with E-state index in [1.807, 2.05) is 13.8 Å². The van der Waals surface area contributed by atoms with E-state index in [2.05, 4.69) is 0 Å². The van der Waals surface area contributed by atoms with Gasteiger partial charge in [-0.1, -0.05) is 0 Å². The number of hydrogen-bond acceptors (Lipinski definition) is 2. The van der Waals surface area contributed by atoms with Crippen LogP contribution in [0.3, 0.4) is 0 Å². The fraction of sp³-hybridized carbons (Fsp3) is 0.400. The number of halogens is 1. The highest BCUT2D eigenvalue weighted by molar-refractivity contribution is 7.85. The van der Waals surface area contributed by atoms with Crippen LogP contribution in [0.15, 0.2) is 29.2 Å². The van der Waals surface area contributed by atoms with Crippen LogP contribution in [0.1, 0.15) is 13.8 Å². The highest BCUT2D eigenvalue weighted by Crippen LogP contribution is 2.13. The fourth-order valence-electron chi connectivity index (χ4n) is 0.978. The average Bonchev–Trinajstić information content (AvgIpc) is 2.16. The van der Waals surface area contributed by atoms with Crippen molar-refractivity contribution in [2.45, 2.75) is 30.0 Å². The van der Waals surface area contributed by atoms with Crippen LogP contribution in [0.5, 0.6) is 0 Å². The van der Waals surface area contributed by atoms with Gasteiger partial charge in [-0.05, 0) is 38.1 Å². The van der Waals surface area contributed by atoms with E-state index in [4.69, 9.17) is 5.73 Å². The number of rotatable bonds is 3. The van der Waals surface area contributed by atoms with Gasteiger partial charge in [-0.15, -0.1) is 0 Å². The molecule has 3 atom stereocenters. The Kier molecular flexibility index (Phi) is 3.77. The third-order valence-corrected chi connectivity index (χ3v) is 3.97. The smallest absolute Gasteiger partial charge is 0.123 e. The second kappa shape index (κ2) is 4.66. The summed E-state index contributed by atoms with van der Waals surface area (Å²) >= 11 is 0. The summed E-state index contributed by atoms with van der Waals surface area (Å²) in [7, 11) is -1.16. The van der Waals surface area contributed by atoms with Crippen molar-refractivity contribution < 1.29 is 8.60 Å². The molecule has 0 radical (unpaired) electrons. The highest BCUT2D eigenvalue weighted by atomic mass is 32.2. The number of nitrogens with two attached hydrogens (primary N) is 1. The molecular formula is C10H14FNOS. The van der Waals surface area contributed by atoms with Crippen molar-refractivity contribution in [2.75, 3.05) is 0 Å². The van der Waals surface area contributed by atoms with E-state index in [0.29, 0.717) is 4.90 Å². The van der Waals surface area contributed by atoms with Crippen LogP contribution < -0.4 is 5.73 Å². The molecule has 0 aliphatic rings. The Balaban J connectivity index is 2.84. The normalized spacial score (nSPS) is 17.4. The molecule has 0 saturated heterocycles. The molecule has 0 bridgehead atoms. The Labute approximate surface area is 85.8 Å². The van der Waals surface area contributed by atoms with Gasteiger partial charge in [0, 0.05) is 10.9 Å². The van der Waals surface area contributed by atoms with E-state index >= 15 is 0 Å². The van der Waals surface area contributed by atoms with E-state index in [-0.39, 0.29) is 17.1 Å². The summed E-state index contributed by atoms with van der Waals surface area (Å²) in [4.78, 5) is 0.621. The lowest BCUT2D eigenvalue weighted by Gasteiger charge is -2.14. The predicted molar refractivity (Wildman–Crippen MR) is 55.9 cm³/mol. The van der Waals surface area contributed by atoms with Crippen molar-refractivity contribution in [1.29, 1.82) is 0 Å². The zero-order chi connectivity index (χ0) is 10.7. The van der Waals surface area contributed by atoms with Gasteiger partial charge in [0.1, 0.15) is 5.82 Å². The molecule has 1 aromatic carbocycles. The molecule has 3 unspecified atom stereocenters. The summed E-state index contributed by atoms with van der Waals surface area (Å²) in [5.41, 5.74) is 5.64. The fourth-order valence-corrected chi connectivity index (χ4v) is 2.20. The SMILES string of the molecule is CC(N)C(C)S(=O)c1ccc(F)cc1. The van der Waals surface area contributed by atoms with Crippen LogP contribution in [-0.4, -0.2) is 15.5 Å². The summed E-state index contributed by atoms with van der Waals surface area (Å²) in [6.07, 6.45) is 0. The van der Waals surface area contributed by atoms with E-state index in [9.17, 15) is 8.60 Å². The monoisotopic (exact) mass is 215 g/mol. The topological polar surface area (TPSA) is 43.1 Å². The first-order valence-electron chi connectivity index (χ1n) is 4.44. The Bertz CT molecular complexity index is 323. The molecule has 0 saturated carbocycles. The summed E-state index contributed by atoms with van der Waals surface area (Å²) in [6.45, 7) is 3.64. The second-order valence-corrected chi connectivity index (χ2v) is 5.13. The minimum atomic E-state index is -1.16. The van der Waals surface area contributed by atoms with Crippen LogP contribution in [0.2, 0.25) is 0 Å². The highest BCUT2D eigenvalue weighted by Gasteiger charge is 2.16. The van der Waals surface area contributed by atoms with E-state index in [0.717, 1.165) is 0 Å². The third-order valence-electron chi connectivity index (χ3n) is 2.12. The van der Waals surface area contributed by atoms with Crippen LogP contribution in [0.4, 0.5) is 4.39 Å². The van der Waals surface area contributed by atoms with E-state index in [1.165, 1.54) is 24.3 Å². The zero-order valence-corrected chi connectivity index (χ0v) is 9.05. The predicted octanol–water partition coefficient (Wildman–Crippen LogP) is 1.67. The van der Waals surface area contributed by atoms with Crippen molar-refractivity contribution >= 4 is 10.8 Å². The molecule has 0 aliphatic carbocycles. The molecule has 2 N–H and O–H groups in total. The van der Waals surface area contributed by atoms with Crippen LogP contribution in [0.25, 0.3) is 0 Å². The van der Waals surface area contributed by atoms with E-state index < -0.39 is 10.8 Å². The lowest BCUT2D eigenvalue weighted by Crippen LogP contribution is -2.32. The third kappa shape index (κ3) is 2.62. The molecule has 0 heterocycles. The molecule has 0 fully saturated rings. The lowest BCUT2D eigenvalue weighted by molar-refractivity contribution is 0.625. The summed E-state index contributed by atoms with van der Waals surface area (Å²) in [6, 6.07) is 5.54. The molecule has 14 heavy (non-hydrogen) atoms. The molecule has 0 aliphatic heterocycles. The maximum atomic E-state index is 12.6. The van der Waals surface area contributed by atoms with Crippen molar-refractivity contribution in [3.63, 3.8) is 0 Å². The first-order chi connectivity index (χ1) is 6.52. The van der Waals surface area contributed by atoms with Crippen molar-refractivity contribution in [2.24, 2.45) is 5.73 Å². The number of benzene rings is 1. The number of hydrogen-bond donors (Lipinski definition) is 1. The van der Waals surface area contributed by atoms with Crippen LogP contribution >= 0.6 is 0 Å². The molecule has 2 nitrogen and oxygen atoms in total. The van der Waals surface area contributed by atoms with Crippen LogP contribution in [-0.2, 0) is 10.8 Å². The largest absolute Gasteiger partial charge is 0.327 e.